The molecule has 114 valence electrons. The number of aliphatic carboxylic acids is 1. The number of halogens is 3. The first-order valence-corrected chi connectivity index (χ1v) is 6.84. The van der Waals surface area contributed by atoms with E-state index in [1.165, 1.54) is 6.07 Å². The van der Waals surface area contributed by atoms with Crippen LogP contribution < -0.4 is 0 Å². The molecule has 0 heterocycles. The fourth-order valence-electron chi connectivity index (χ4n) is 2.62. The van der Waals surface area contributed by atoms with E-state index in [4.69, 9.17) is 0 Å². The summed E-state index contributed by atoms with van der Waals surface area (Å²) in [6.07, 6.45) is -3.27. The van der Waals surface area contributed by atoms with E-state index in [1.54, 1.807) is 30.3 Å². The van der Waals surface area contributed by atoms with Crippen LogP contribution in [0.15, 0.2) is 48.5 Å². The van der Waals surface area contributed by atoms with E-state index < -0.39 is 23.1 Å². The molecule has 0 unspecified atom stereocenters. The second-order valence-corrected chi connectivity index (χ2v) is 5.55. The van der Waals surface area contributed by atoms with Gasteiger partial charge in [0.25, 0.3) is 0 Å². The quantitative estimate of drug-likeness (QED) is 0.907. The molecule has 0 spiro atoms. The highest BCUT2D eigenvalue weighted by Gasteiger charge is 2.51. The minimum absolute atomic E-state index is 0.429. The Balaban J connectivity index is 2.02. The smallest absolute Gasteiger partial charge is 0.416 e. The molecule has 0 aliphatic heterocycles. The maximum atomic E-state index is 12.8. The highest BCUT2D eigenvalue weighted by molar-refractivity contribution is 5.85. The molecule has 5 heteroatoms. The molecular weight excluding hydrogens is 293 g/mol. The van der Waals surface area contributed by atoms with Gasteiger partial charge in [0, 0.05) is 0 Å². The summed E-state index contributed by atoms with van der Waals surface area (Å²) in [7, 11) is 0. The van der Waals surface area contributed by atoms with Gasteiger partial charge in [0.15, 0.2) is 0 Å². The Labute approximate surface area is 125 Å². The third-order valence-electron chi connectivity index (χ3n) is 4.10. The van der Waals surface area contributed by atoms with Crippen LogP contribution in [0.1, 0.15) is 24.0 Å². The number of rotatable bonds is 3. The Kier molecular flexibility index (Phi) is 3.24. The minimum Gasteiger partial charge on any atom is -0.481 e. The molecule has 0 bridgehead atoms. The molecule has 2 nitrogen and oxygen atoms in total. The minimum atomic E-state index is -4.40. The van der Waals surface area contributed by atoms with Crippen LogP contribution in [-0.2, 0) is 16.4 Å². The van der Waals surface area contributed by atoms with Crippen molar-refractivity contribution < 1.29 is 23.1 Å². The molecule has 0 aromatic heterocycles. The van der Waals surface area contributed by atoms with Crippen molar-refractivity contribution in [3.63, 3.8) is 0 Å². The van der Waals surface area contributed by atoms with Gasteiger partial charge >= 0.3 is 12.1 Å². The maximum Gasteiger partial charge on any atom is 0.416 e. The van der Waals surface area contributed by atoms with Crippen molar-refractivity contribution in [1.29, 1.82) is 0 Å². The molecule has 3 rings (SSSR count). The summed E-state index contributed by atoms with van der Waals surface area (Å²) in [6, 6.07) is 11.8. The van der Waals surface area contributed by atoms with Crippen LogP contribution in [0.3, 0.4) is 0 Å². The van der Waals surface area contributed by atoms with E-state index in [2.05, 4.69) is 0 Å². The Hall–Kier alpha value is -2.30. The summed E-state index contributed by atoms with van der Waals surface area (Å²) in [4.78, 5) is 11.4. The van der Waals surface area contributed by atoms with Crippen LogP contribution in [0, 0.1) is 0 Å². The number of hydrogen-bond acceptors (Lipinski definition) is 1. The Morgan fingerprint density at radius 2 is 1.59 bits per heavy atom. The molecule has 0 radical (unpaired) electrons. The van der Waals surface area contributed by atoms with Crippen molar-refractivity contribution >= 4 is 5.97 Å². The SMILES string of the molecule is O=C(O)C1(c2cccc(-c3cccc(C(F)(F)F)c3)c2)CC1. The van der Waals surface area contributed by atoms with Gasteiger partial charge in [0.2, 0.25) is 0 Å². The van der Waals surface area contributed by atoms with Crippen LogP contribution >= 0.6 is 0 Å². The van der Waals surface area contributed by atoms with Gasteiger partial charge in [-0.15, -0.1) is 0 Å². The second-order valence-electron chi connectivity index (χ2n) is 5.55. The van der Waals surface area contributed by atoms with E-state index in [0.29, 0.717) is 29.5 Å². The number of carboxylic acids is 1. The Bertz CT molecular complexity index is 731. The normalized spacial score (nSPS) is 16.3. The topological polar surface area (TPSA) is 37.3 Å². The third-order valence-corrected chi connectivity index (χ3v) is 4.10. The fourth-order valence-corrected chi connectivity index (χ4v) is 2.62. The lowest BCUT2D eigenvalue weighted by Crippen LogP contribution is -2.19. The Morgan fingerprint density at radius 3 is 2.14 bits per heavy atom. The average Bonchev–Trinajstić information content (AvgIpc) is 3.28. The first-order chi connectivity index (χ1) is 10.3. The highest BCUT2D eigenvalue weighted by Crippen LogP contribution is 2.49. The van der Waals surface area contributed by atoms with Crippen LogP contribution in [0.2, 0.25) is 0 Å². The predicted molar refractivity (Wildman–Crippen MR) is 75.4 cm³/mol. The second kappa shape index (κ2) is 4.87. The van der Waals surface area contributed by atoms with Crippen LogP contribution in [0.4, 0.5) is 13.2 Å². The molecule has 0 atom stereocenters. The van der Waals surface area contributed by atoms with E-state index >= 15 is 0 Å². The molecule has 2 aromatic rings. The number of benzene rings is 2. The number of carbonyl (C=O) groups is 1. The summed E-state index contributed by atoms with van der Waals surface area (Å²) >= 11 is 0. The molecule has 1 fully saturated rings. The summed E-state index contributed by atoms with van der Waals surface area (Å²) in [5.41, 5.74) is 0.0937. The number of hydrogen-bond donors (Lipinski definition) is 1. The lowest BCUT2D eigenvalue weighted by Gasteiger charge is -2.13. The summed E-state index contributed by atoms with van der Waals surface area (Å²) in [6.45, 7) is 0. The molecule has 1 N–H and O–H groups in total. The molecule has 22 heavy (non-hydrogen) atoms. The summed E-state index contributed by atoms with van der Waals surface area (Å²) in [5.74, 6) is -0.881. The third kappa shape index (κ3) is 2.47. The predicted octanol–water partition coefficient (Wildman–Crippen LogP) is 4.49. The van der Waals surface area contributed by atoms with Crippen molar-refractivity contribution in [2.24, 2.45) is 0 Å². The monoisotopic (exact) mass is 306 g/mol. The van der Waals surface area contributed by atoms with Gasteiger partial charge in [-0.25, -0.2) is 0 Å². The molecule has 1 aliphatic rings. The molecule has 0 saturated heterocycles. The van der Waals surface area contributed by atoms with Crippen molar-refractivity contribution in [1.82, 2.24) is 0 Å². The summed E-state index contributed by atoms with van der Waals surface area (Å²) < 4.78 is 38.4. The van der Waals surface area contributed by atoms with Gasteiger partial charge < -0.3 is 5.11 Å². The van der Waals surface area contributed by atoms with E-state index in [1.807, 2.05) is 0 Å². The lowest BCUT2D eigenvalue weighted by molar-refractivity contribution is -0.140. The zero-order valence-corrected chi connectivity index (χ0v) is 11.5. The first-order valence-electron chi connectivity index (χ1n) is 6.84. The van der Waals surface area contributed by atoms with Crippen molar-refractivity contribution in [2.45, 2.75) is 24.4 Å². The van der Waals surface area contributed by atoms with Crippen molar-refractivity contribution in [2.75, 3.05) is 0 Å². The zero-order valence-electron chi connectivity index (χ0n) is 11.5. The Morgan fingerprint density at radius 1 is 1.00 bits per heavy atom. The van der Waals surface area contributed by atoms with Crippen LogP contribution in [0.25, 0.3) is 11.1 Å². The largest absolute Gasteiger partial charge is 0.481 e. The summed E-state index contributed by atoms with van der Waals surface area (Å²) in [5, 5.41) is 9.32. The van der Waals surface area contributed by atoms with Gasteiger partial charge in [-0.3, -0.25) is 4.79 Å². The number of alkyl halides is 3. The van der Waals surface area contributed by atoms with E-state index in [-0.39, 0.29) is 0 Å². The van der Waals surface area contributed by atoms with Gasteiger partial charge in [0.1, 0.15) is 0 Å². The molecule has 1 saturated carbocycles. The van der Waals surface area contributed by atoms with Crippen molar-refractivity contribution in [3.8, 4) is 11.1 Å². The lowest BCUT2D eigenvalue weighted by atomic mass is 9.92. The fraction of sp³-hybridized carbons (Fsp3) is 0.235. The standard InChI is InChI=1S/C17H13F3O2/c18-17(19,20)14-6-2-4-12(10-14)11-3-1-5-13(9-11)16(7-8-16)15(21)22/h1-6,9-10H,7-8H2,(H,21,22). The van der Waals surface area contributed by atoms with Gasteiger partial charge in [-0.2, -0.15) is 13.2 Å². The first kappa shape index (κ1) is 14.6. The average molecular weight is 306 g/mol. The molecule has 2 aromatic carbocycles. The van der Waals surface area contributed by atoms with Gasteiger partial charge in [-0.1, -0.05) is 36.4 Å². The van der Waals surface area contributed by atoms with Crippen molar-refractivity contribution in [3.05, 3.63) is 59.7 Å². The molecule has 1 aliphatic carbocycles. The van der Waals surface area contributed by atoms with E-state index in [9.17, 15) is 23.1 Å². The van der Waals surface area contributed by atoms with Gasteiger partial charge in [-0.05, 0) is 41.7 Å². The number of carboxylic acid groups (broad SMARTS) is 1. The van der Waals surface area contributed by atoms with E-state index in [0.717, 1.165) is 12.1 Å². The van der Waals surface area contributed by atoms with Gasteiger partial charge in [0.05, 0.1) is 11.0 Å². The maximum absolute atomic E-state index is 12.8. The molecular formula is C17H13F3O2. The highest BCUT2D eigenvalue weighted by atomic mass is 19.4. The van der Waals surface area contributed by atoms with Crippen LogP contribution in [0.5, 0.6) is 0 Å². The molecule has 0 amide bonds. The van der Waals surface area contributed by atoms with Crippen LogP contribution in [-0.4, -0.2) is 11.1 Å². The zero-order chi connectivity index (χ0) is 16.0.